The van der Waals surface area contributed by atoms with Gasteiger partial charge in [0.1, 0.15) is 0 Å². The van der Waals surface area contributed by atoms with Gasteiger partial charge in [-0.3, -0.25) is 4.79 Å². The first-order chi connectivity index (χ1) is 7.83. The highest BCUT2D eigenvalue weighted by atomic mass is 35.5. The molecular formula is C14H27ClN2O. The topological polar surface area (TPSA) is 55.1 Å². The number of rotatable bonds is 3. The smallest absolute Gasteiger partial charge is 0.224 e. The van der Waals surface area contributed by atoms with Gasteiger partial charge in [-0.15, -0.1) is 12.4 Å². The molecule has 1 amide bonds. The zero-order valence-electron chi connectivity index (χ0n) is 12.0. The Kier molecular flexibility index (Phi) is 4.39. The van der Waals surface area contributed by atoms with Gasteiger partial charge in [0.15, 0.2) is 0 Å². The van der Waals surface area contributed by atoms with E-state index in [0.717, 1.165) is 12.3 Å². The van der Waals surface area contributed by atoms with E-state index in [0.29, 0.717) is 18.0 Å². The van der Waals surface area contributed by atoms with Crippen LogP contribution in [-0.2, 0) is 4.79 Å². The fourth-order valence-electron chi connectivity index (χ4n) is 3.84. The van der Waals surface area contributed by atoms with Crippen LogP contribution < -0.4 is 11.1 Å². The molecule has 0 aromatic rings. The SMILES string of the molecule is CC(CN)C(=O)NC1CC2CCC1(C)C2(C)C.Cl. The van der Waals surface area contributed by atoms with Gasteiger partial charge in [-0.1, -0.05) is 27.7 Å². The van der Waals surface area contributed by atoms with Crippen LogP contribution in [0.5, 0.6) is 0 Å². The first-order valence-corrected chi connectivity index (χ1v) is 6.83. The molecule has 0 aromatic heterocycles. The molecule has 3 nitrogen and oxygen atoms in total. The Bertz CT molecular complexity index is 332. The van der Waals surface area contributed by atoms with Crippen LogP contribution in [0.15, 0.2) is 0 Å². The molecule has 4 atom stereocenters. The van der Waals surface area contributed by atoms with Crippen LogP contribution in [-0.4, -0.2) is 18.5 Å². The Morgan fingerprint density at radius 2 is 2.06 bits per heavy atom. The van der Waals surface area contributed by atoms with E-state index in [9.17, 15) is 4.79 Å². The highest BCUT2D eigenvalue weighted by molar-refractivity contribution is 5.85. The van der Waals surface area contributed by atoms with E-state index in [1.54, 1.807) is 0 Å². The number of hydrogen-bond donors (Lipinski definition) is 2. The third-order valence-electron chi connectivity index (χ3n) is 5.91. The molecule has 4 heteroatoms. The van der Waals surface area contributed by atoms with Crippen molar-refractivity contribution >= 4 is 18.3 Å². The van der Waals surface area contributed by atoms with E-state index in [2.05, 4.69) is 26.1 Å². The number of nitrogens with one attached hydrogen (secondary N) is 1. The molecule has 3 N–H and O–H groups in total. The van der Waals surface area contributed by atoms with E-state index in [-0.39, 0.29) is 29.6 Å². The summed E-state index contributed by atoms with van der Waals surface area (Å²) in [5, 5.41) is 3.24. The molecular weight excluding hydrogens is 248 g/mol. The molecule has 18 heavy (non-hydrogen) atoms. The van der Waals surface area contributed by atoms with E-state index in [4.69, 9.17) is 5.73 Å². The Morgan fingerprint density at radius 3 is 2.44 bits per heavy atom. The predicted molar refractivity (Wildman–Crippen MR) is 76.6 cm³/mol. The molecule has 0 aromatic carbocycles. The van der Waals surface area contributed by atoms with Crippen LogP contribution >= 0.6 is 12.4 Å². The van der Waals surface area contributed by atoms with Gasteiger partial charge >= 0.3 is 0 Å². The van der Waals surface area contributed by atoms with Crippen molar-refractivity contribution in [2.45, 2.75) is 53.0 Å². The molecule has 106 valence electrons. The van der Waals surface area contributed by atoms with Gasteiger partial charge in [0.25, 0.3) is 0 Å². The lowest BCUT2D eigenvalue weighted by atomic mass is 9.69. The summed E-state index contributed by atoms with van der Waals surface area (Å²) in [6.45, 7) is 9.41. The molecule has 0 saturated heterocycles. The molecule has 2 fully saturated rings. The van der Waals surface area contributed by atoms with Crippen molar-refractivity contribution in [1.82, 2.24) is 5.32 Å². The maximum absolute atomic E-state index is 12.0. The summed E-state index contributed by atoms with van der Waals surface area (Å²) in [5.41, 5.74) is 6.17. The van der Waals surface area contributed by atoms with Gasteiger partial charge in [-0.05, 0) is 36.0 Å². The van der Waals surface area contributed by atoms with E-state index < -0.39 is 0 Å². The normalized spacial score (nSPS) is 38.1. The van der Waals surface area contributed by atoms with Gasteiger partial charge in [0.05, 0.1) is 0 Å². The largest absolute Gasteiger partial charge is 0.353 e. The van der Waals surface area contributed by atoms with Gasteiger partial charge in [0, 0.05) is 18.5 Å². The Hall–Kier alpha value is -0.280. The van der Waals surface area contributed by atoms with E-state index in [1.807, 2.05) is 6.92 Å². The predicted octanol–water partition coefficient (Wildman–Crippen LogP) is 2.33. The number of halogens is 1. The van der Waals surface area contributed by atoms with Gasteiger partial charge in [0.2, 0.25) is 5.91 Å². The maximum atomic E-state index is 12.0. The molecule has 2 saturated carbocycles. The summed E-state index contributed by atoms with van der Waals surface area (Å²) in [6.07, 6.45) is 3.71. The standard InChI is InChI=1S/C14H26N2O.ClH/c1-9(8-15)12(17)16-11-7-10-5-6-14(11,4)13(10,2)3;/h9-11H,5-8,15H2,1-4H3,(H,16,17);1H. The molecule has 0 aliphatic heterocycles. The molecule has 4 unspecified atom stereocenters. The average molecular weight is 275 g/mol. The molecule has 2 rings (SSSR count). The van der Waals surface area contributed by atoms with Crippen LogP contribution in [0.3, 0.4) is 0 Å². The summed E-state index contributed by atoms with van der Waals surface area (Å²) in [4.78, 5) is 12.0. The highest BCUT2D eigenvalue weighted by Crippen LogP contribution is 2.65. The minimum absolute atomic E-state index is 0. The summed E-state index contributed by atoms with van der Waals surface area (Å²) in [6, 6.07) is 0.345. The Labute approximate surface area is 117 Å². The van der Waals surface area contributed by atoms with Crippen LogP contribution in [0.1, 0.15) is 47.0 Å². The number of hydrogen-bond acceptors (Lipinski definition) is 2. The first kappa shape index (κ1) is 15.8. The Balaban J connectivity index is 0.00000162. The van der Waals surface area contributed by atoms with Crippen LogP contribution in [0.4, 0.5) is 0 Å². The second-order valence-electron chi connectivity index (χ2n) is 6.81. The number of carbonyl (C=O) groups excluding carboxylic acids is 1. The second-order valence-corrected chi connectivity index (χ2v) is 6.81. The lowest BCUT2D eigenvalue weighted by Crippen LogP contribution is -2.49. The zero-order chi connectivity index (χ0) is 12.8. The van der Waals surface area contributed by atoms with Crippen molar-refractivity contribution in [3.63, 3.8) is 0 Å². The van der Waals surface area contributed by atoms with Crippen molar-refractivity contribution in [3.05, 3.63) is 0 Å². The number of nitrogens with two attached hydrogens (primary N) is 1. The first-order valence-electron chi connectivity index (χ1n) is 6.83. The monoisotopic (exact) mass is 274 g/mol. The van der Waals surface area contributed by atoms with Crippen molar-refractivity contribution in [2.24, 2.45) is 28.4 Å². The molecule has 0 spiro atoms. The number of fused-ring (bicyclic) bond motifs is 2. The maximum Gasteiger partial charge on any atom is 0.224 e. The van der Waals surface area contributed by atoms with E-state index >= 15 is 0 Å². The van der Waals surface area contributed by atoms with Crippen LogP contribution in [0.25, 0.3) is 0 Å². The number of carbonyl (C=O) groups is 1. The van der Waals surface area contributed by atoms with Gasteiger partial charge in [-0.25, -0.2) is 0 Å². The lowest BCUT2D eigenvalue weighted by Gasteiger charge is -2.39. The fraction of sp³-hybridized carbons (Fsp3) is 0.929. The molecule has 0 radical (unpaired) electrons. The minimum Gasteiger partial charge on any atom is -0.353 e. The lowest BCUT2D eigenvalue weighted by molar-refractivity contribution is -0.126. The van der Waals surface area contributed by atoms with E-state index in [1.165, 1.54) is 12.8 Å². The van der Waals surface area contributed by atoms with Crippen LogP contribution in [0, 0.1) is 22.7 Å². The summed E-state index contributed by atoms with van der Waals surface area (Å²) < 4.78 is 0. The molecule has 2 bridgehead atoms. The van der Waals surface area contributed by atoms with Gasteiger partial charge < -0.3 is 11.1 Å². The average Bonchev–Trinajstić information content (AvgIpc) is 2.60. The quantitative estimate of drug-likeness (QED) is 0.830. The van der Waals surface area contributed by atoms with Gasteiger partial charge in [-0.2, -0.15) is 0 Å². The van der Waals surface area contributed by atoms with Crippen molar-refractivity contribution in [3.8, 4) is 0 Å². The fourth-order valence-corrected chi connectivity index (χ4v) is 3.84. The zero-order valence-corrected chi connectivity index (χ0v) is 12.8. The van der Waals surface area contributed by atoms with Crippen molar-refractivity contribution in [1.29, 1.82) is 0 Å². The molecule has 2 aliphatic rings. The molecule has 2 aliphatic carbocycles. The summed E-state index contributed by atoms with van der Waals surface area (Å²) in [5.74, 6) is 0.828. The highest BCUT2D eigenvalue weighted by Gasteiger charge is 2.61. The number of amides is 1. The summed E-state index contributed by atoms with van der Waals surface area (Å²) in [7, 11) is 0. The minimum atomic E-state index is -0.0687. The third-order valence-corrected chi connectivity index (χ3v) is 5.91. The third kappa shape index (κ3) is 2.05. The van der Waals surface area contributed by atoms with Crippen molar-refractivity contribution in [2.75, 3.05) is 6.54 Å². The molecule has 0 heterocycles. The second kappa shape index (κ2) is 5.01. The Morgan fingerprint density at radius 1 is 1.44 bits per heavy atom. The van der Waals surface area contributed by atoms with Crippen LogP contribution in [0.2, 0.25) is 0 Å². The van der Waals surface area contributed by atoms with Crippen molar-refractivity contribution < 1.29 is 4.79 Å². The summed E-state index contributed by atoms with van der Waals surface area (Å²) >= 11 is 0.